The Morgan fingerprint density at radius 2 is 2.31 bits per heavy atom. The van der Waals surface area contributed by atoms with Crippen molar-refractivity contribution in [3.05, 3.63) is 36.8 Å². The number of rotatable bonds is 3. The first-order valence-corrected chi connectivity index (χ1v) is 4.91. The van der Waals surface area contributed by atoms with E-state index in [2.05, 4.69) is 21.4 Å². The third-order valence-electron chi connectivity index (χ3n) is 2.09. The van der Waals surface area contributed by atoms with Crippen LogP contribution in [0.4, 0.5) is 0 Å². The van der Waals surface area contributed by atoms with Gasteiger partial charge >= 0.3 is 0 Å². The summed E-state index contributed by atoms with van der Waals surface area (Å²) in [4.78, 5) is 0. The summed E-state index contributed by atoms with van der Waals surface area (Å²) < 4.78 is 1.73. The lowest BCUT2D eigenvalue weighted by Crippen LogP contribution is -2.37. The number of aryl methyl sites for hydroxylation is 1. The SMILES string of the molecule is N#CCC[n+]1ccc(-c2cccnn2)cn1. The van der Waals surface area contributed by atoms with Crippen molar-refractivity contribution in [2.75, 3.05) is 0 Å². The second-order valence-corrected chi connectivity index (χ2v) is 3.20. The molecule has 0 unspecified atom stereocenters. The van der Waals surface area contributed by atoms with Gasteiger partial charge < -0.3 is 0 Å². The molecule has 5 heteroatoms. The largest absolute Gasteiger partial charge is 0.198 e. The maximum Gasteiger partial charge on any atom is 0.197 e. The van der Waals surface area contributed by atoms with E-state index in [-0.39, 0.29) is 0 Å². The van der Waals surface area contributed by atoms with Crippen LogP contribution in [-0.2, 0) is 6.54 Å². The second kappa shape index (κ2) is 4.94. The first kappa shape index (κ1) is 10.2. The highest BCUT2D eigenvalue weighted by Gasteiger charge is 2.04. The Morgan fingerprint density at radius 3 is 2.94 bits per heavy atom. The van der Waals surface area contributed by atoms with Crippen molar-refractivity contribution in [1.29, 1.82) is 5.26 Å². The standard InChI is InChI=1S/C11H10N5/c12-5-2-7-16-8-4-10(9-14-16)11-3-1-6-13-15-11/h1,3-4,6,8-9H,2,7H2/q+1. The molecule has 0 saturated heterocycles. The third kappa shape index (κ3) is 2.36. The van der Waals surface area contributed by atoms with Gasteiger partial charge in [0.1, 0.15) is 6.20 Å². The van der Waals surface area contributed by atoms with Crippen molar-refractivity contribution in [1.82, 2.24) is 15.3 Å². The molecule has 78 valence electrons. The van der Waals surface area contributed by atoms with Crippen LogP contribution in [0.2, 0.25) is 0 Å². The van der Waals surface area contributed by atoms with Crippen molar-refractivity contribution >= 4 is 0 Å². The molecule has 0 saturated carbocycles. The van der Waals surface area contributed by atoms with Gasteiger partial charge in [-0.25, -0.2) is 0 Å². The van der Waals surface area contributed by atoms with Gasteiger partial charge in [-0.1, -0.05) is 4.68 Å². The molecule has 0 spiro atoms. The van der Waals surface area contributed by atoms with Crippen LogP contribution in [0.1, 0.15) is 6.42 Å². The average molecular weight is 212 g/mol. The van der Waals surface area contributed by atoms with Crippen LogP contribution in [-0.4, -0.2) is 15.3 Å². The Labute approximate surface area is 93.0 Å². The van der Waals surface area contributed by atoms with Crippen LogP contribution in [0.5, 0.6) is 0 Å². The van der Waals surface area contributed by atoms with Gasteiger partial charge in [-0.05, 0) is 17.2 Å². The van der Waals surface area contributed by atoms with Crippen molar-refractivity contribution < 1.29 is 4.68 Å². The summed E-state index contributed by atoms with van der Waals surface area (Å²) in [5.41, 5.74) is 1.71. The molecule has 0 fully saturated rings. The summed E-state index contributed by atoms with van der Waals surface area (Å²) in [6, 6.07) is 7.70. The molecule has 2 heterocycles. The monoisotopic (exact) mass is 212 g/mol. The Bertz CT molecular complexity index is 486. The fourth-order valence-electron chi connectivity index (χ4n) is 1.29. The zero-order valence-corrected chi connectivity index (χ0v) is 8.61. The normalized spacial score (nSPS) is 9.69. The second-order valence-electron chi connectivity index (χ2n) is 3.20. The van der Waals surface area contributed by atoms with Crippen LogP contribution in [0.3, 0.4) is 0 Å². The van der Waals surface area contributed by atoms with E-state index in [9.17, 15) is 0 Å². The fraction of sp³-hybridized carbons (Fsp3) is 0.182. The predicted octanol–water partition coefficient (Wildman–Crippen LogP) is 0.740. The highest BCUT2D eigenvalue weighted by Crippen LogP contribution is 2.11. The van der Waals surface area contributed by atoms with Gasteiger partial charge in [0.25, 0.3) is 0 Å². The van der Waals surface area contributed by atoms with Crippen molar-refractivity contribution in [2.24, 2.45) is 0 Å². The van der Waals surface area contributed by atoms with E-state index in [1.807, 2.05) is 24.4 Å². The van der Waals surface area contributed by atoms with Crippen molar-refractivity contribution in [3.8, 4) is 17.3 Å². The molecule has 2 aromatic heterocycles. The van der Waals surface area contributed by atoms with Gasteiger partial charge in [-0.15, -0.1) is 0 Å². The third-order valence-corrected chi connectivity index (χ3v) is 2.09. The van der Waals surface area contributed by atoms with Gasteiger partial charge in [-0.3, -0.25) is 0 Å². The predicted molar refractivity (Wildman–Crippen MR) is 55.7 cm³/mol. The van der Waals surface area contributed by atoms with Crippen LogP contribution >= 0.6 is 0 Å². The average Bonchev–Trinajstić information content (AvgIpc) is 2.38. The van der Waals surface area contributed by atoms with Crippen LogP contribution < -0.4 is 4.68 Å². The van der Waals surface area contributed by atoms with Crippen molar-refractivity contribution in [3.63, 3.8) is 0 Å². The van der Waals surface area contributed by atoms with Gasteiger partial charge in [0.2, 0.25) is 0 Å². The zero-order valence-electron chi connectivity index (χ0n) is 8.61. The maximum absolute atomic E-state index is 8.45. The van der Waals surface area contributed by atoms with Crippen LogP contribution in [0.15, 0.2) is 36.8 Å². The van der Waals surface area contributed by atoms with Crippen LogP contribution in [0.25, 0.3) is 11.3 Å². The summed E-state index contributed by atoms with van der Waals surface area (Å²) in [6.07, 6.45) is 5.65. The lowest BCUT2D eigenvalue weighted by molar-refractivity contribution is -0.752. The molecule has 0 atom stereocenters. The highest BCUT2D eigenvalue weighted by atomic mass is 15.2. The Balaban J connectivity index is 2.17. The van der Waals surface area contributed by atoms with E-state index < -0.39 is 0 Å². The summed E-state index contributed by atoms with van der Waals surface area (Å²) in [6.45, 7) is 0.608. The molecular weight excluding hydrogens is 202 g/mol. The zero-order chi connectivity index (χ0) is 11.2. The maximum atomic E-state index is 8.45. The quantitative estimate of drug-likeness (QED) is 0.704. The summed E-state index contributed by atoms with van der Waals surface area (Å²) in [7, 11) is 0. The fourth-order valence-corrected chi connectivity index (χ4v) is 1.29. The number of aromatic nitrogens is 4. The lowest BCUT2D eigenvalue weighted by Gasteiger charge is -1.96. The Kier molecular flexibility index (Phi) is 3.14. The molecule has 0 bridgehead atoms. The molecule has 0 aliphatic rings. The molecule has 2 rings (SSSR count). The van der Waals surface area contributed by atoms with E-state index in [1.54, 1.807) is 17.1 Å². The molecule has 2 aromatic rings. The summed E-state index contributed by atoms with van der Waals surface area (Å²) >= 11 is 0. The summed E-state index contributed by atoms with van der Waals surface area (Å²) in [5.74, 6) is 0. The Hall–Kier alpha value is -2.35. The molecule has 0 aromatic carbocycles. The van der Waals surface area contributed by atoms with Crippen LogP contribution in [0, 0.1) is 11.3 Å². The molecule has 0 radical (unpaired) electrons. The molecule has 0 N–H and O–H groups in total. The molecule has 5 nitrogen and oxygen atoms in total. The molecule has 0 aliphatic carbocycles. The minimum atomic E-state index is 0.460. The highest BCUT2D eigenvalue weighted by molar-refractivity contribution is 5.55. The number of nitriles is 1. The van der Waals surface area contributed by atoms with E-state index >= 15 is 0 Å². The minimum absolute atomic E-state index is 0.460. The number of hydrogen-bond acceptors (Lipinski definition) is 4. The molecule has 0 amide bonds. The number of hydrogen-bond donors (Lipinski definition) is 0. The van der Waals surface area contributed by atoms with E-state index in [1.165, 1.54) is 0 Å². The smallest absolute Gasteiger partial charge is 0.197 e. The van der Waals surface area contributed by atoms with E-state index in [0.29, 0.717) is 13.0 Å². The molecular formula is C11H10N5+. The van der Waals surface area contributed by atoms with E-state index in [0.717, 1.165) is 11.3 Å². The first-order valence-electron chi connectivity index (χ1n) is 4.91. The first-order chi connectivity index (χ1) is 7.90. The molecule has 0 aliphatic heterocycles. The minimum Gasteiger partial charge on any atom is -0.198 e. The van der Waals surface area contributed by atoms with Crippen molar-refractivity contribution in [2.45, 2.75) is 13.0 Å². The summed E-state index contributed by atoms with van der Waals surface area (Å²) in [5, 5.41) is 20.4. The van der Waals surface area contributed by atoms with Gasteiger partial charge in [-0.2, -0.15) is 15.5 Å². The number of nitrogens with zero attached hydrogens (tertiary/aromatic N) is 5. The van der Waals surface area contributed by atoms with Gasteiger partial charge in [0.15, 0.2) is 12.7 Å². The Morgan fingerprint density at radius 1 is 1.38 bits per heavy atom. The lowest BCUT2D eigenvalue weighted by atomic mass is 10.2. The van der Waals surface area contributed by atoms with Gasteiger partial charge in [0, 0.05) is 17.8 Å². The molecule has 16 heavy (non-hydrogen) atoms. The van der Waals surface area contributed by atoms with Gasteiger partial charge in [0.05, 0.1) is 18.2 Å². The van der Waals surface area contributed by atoms with E-state index in [4.69, 9.17) is 5.26 Å². The topological polar surface area (TPSA) is 66.3 Å².